The molecular formula is C11H11ClO2. The van der Waals surface area contributed by atoms with E-state index in [1.165, 1.54) is 0 Å². The van der Waals surface area contributed by atoms with Gasteiger partial charge in [0.1, 0.15) is 6.29 Å². The lowest BCUT2D eigenvalue weighted by Crippen LogP contribution is -1.98. The third-order valence-corrected chi connectivity index (χ3v) is 2.86. The number of halogens is 1. The molecule has 0 aliphatic carbocycles. The van der Waals surface area contributed by atoms with Crippen LogP contribution in [-0.2, 0) is 4.74 Å². The van der Waals surface area contributed by atoms with Gasteiger partial charge in [-0.1, -0.05) is 23.7 Å². The van der Waals surface area contributed by atoms with Crippen LogP contribution in [0.25, 0.3) is 0 Å². The van der Waals surface area contributed by atoms with E-state index in [0.717, 1.165) is 31.5 Å². The van der Waals surface area contributed by atoms with Gasteiger partial charge in [0.05, 0.1) is 6.61 Å². The summed E-state index contributed by atoms with van der Waals surface area (Å²) in [7, 11) is 0. The minimum atomic E-state index is 0.392. The molecule has 14 heavy (non-hydrogen) atoms. The van der Waals surface area contributed by atoms with E-state index in [1.54, 1.807) is 12.1 Å². The molecule has 1 aromatic carbocycles. The van der Waals surface area contributed by atoms with Crippen molar-refractivity contribution in [1.82, 2.24) is 0 Å². The summed E-state index contributed by atoms with van der Waals surface area (Å²) < 4.78 is 5.29. The summed E-state index contributed by atoms with van der Waals surface area (Å²) in [6.07, 6.45) is 1.82. The van der Waals surface area contributed by atoms with Gasteiger partial charge >= 0.3 is 0 Å². The molecule has 0 saturated carbocycles. The Kier molecular flexibility index (Phi) is 2.85. The van der Waals surface area contributed by atoms with E-state index in [-0.39, 0.29) is 0 Å². The minimum absolute atomic E-state index is 0.392. The summed E-state index contributed by atoms with van der Waals surface area (Å²) >= 11 is 6.07. The topological polar surface area (TPSA) is 26.3 Å². The van der Waals surface area contributed by atoms with Crippen LogP contribution in [0.1, 0.15) is 28.3 Å². The fraction of sp³-hybridized carbons (Fsp3) is 0.364. The fourth-order valence-electron chi connectivity index (χ4n) is 1.73. The molecule has 0 bridgehead atoms. The van der Waals surface area contributed by atoms with Crippen LogP contribution in [0.15, 0.2) is 18.2 Å². The lowest BCUT2D eigenvalue weighted by atomic mass is 9.97. The van der Waals surface area contributed by atoms with Gasteiger partial charge in [0, 0.05) is 23.1 Å². The standard InChI is InChI=1S/C11H11ClO2/c12-11-5-8(6-13)1-2-10(11)9-3-4-14-7-9/h1-2,5-6,9H,3-4,7H2. The second-order valence-electron chi connectivity index (χ2n) is 3.46. The van der Waals surface area contributed by atoms with Crippen LogP contribution in [0, 0.1) is 0 Å². The summed E-state index contributed by atoms with van der Waals surface area (Å²) in [5, 5.41) is 0.671. The number of rotatable bonds is 2. The summed E-state index contributed by atoms with van der Waals surface area (Å²) in [6, 6.07) is 5.43. The first kappa shape index (κ1) is 9.69. The molecule has 1 atom stereocenters. The van der Waals surface area contributed by atoms with Gasteiger partial charge in [0.2, 0.25) is 0 Å². The second-order valence-corrected chi connectivity index (χ2v) is 3.87. The second kappa shape index (κ2) is 4.11. The number of carbonyl (C=O) groups is 1. The monoisotopic (exact) mass is 210 g/mol. The van der Waals surface area contributed by atoms with Crippen molar-refractivity contribution in [2.24, 2.45) is 0 Å². The summed E-state index contributed by atoms with van der Waals surface area (Å²) in [6.45, 7) is 1.54. The highest BCUT2D eigenvalue weighted by atomic mass is 35.5. The number of aldehydes is 1. The Morgan fingerprint density at radius 1 is 1.50 bits per heavy atom. The van der Waals surface area contributed by atoms with E-state index < -0.39 is 0 Å². The first-order chi connectivity index (χ1) is 6.81. The van der Waals surface area contributed by atoms with E-state index in [1.807, 2.05) is 6.07 Å². The third-order valence-electron chi connectivity index (χ3n) is 2.53. The van der Waals surface area contributed by atoms with Crippen molar-refractivity contribution in [3.63, 3.8) is 0 Å². The maximum absolute atomic E-state index is 10.5. The molecule has 1 unspecified atom stereocenters. The molecule has 0 N–H and O–H groups in total. The molecule has 3 heteroatoms. The van der Waals surface area contributed by atoms with Crippen molar-refractivity contribution in [3.05, 3.63) is 34.3 Å². The number of ether oxygens (including phenoxy) is 1. The summed E-state index contributed by atoms with van der Waals surface area (Å²) in [5.41, 5.74) is 1.72. The zero-order chi connectivity index (χ0) is 9.97. The molecule has 1 fully saturated rings. The molecule has 1 aromatic rings. The van der Waals surface area contributed by atoms with Gasteiger partial charge in [-0.3, -0.25) is 4.79 Å². The first-order valence-electron chi connectivity index (χ1n) is 4.63. The first-order valence-corrected chi connectivity index (χ1v) is 5.01. The maximum Gasteiger partial charge on any atom is 0.150 e. The van der Waals surface area contributed by atoms with Crippen molar-refractivity contribution >= 4 is 17.9 Å². The molecule has 1 aliphatic rings. The van der Waals surface area contributed by atoms with Gasteiger partial charge in [-0.05, 0) is 18.1 Å². The highest BCUT2D eigenvalue weighted by molar-refractivity contribution is 6.31. The van der Waals surface area contributed by atoms with E-state index in [4.69, 9.17) is 16.3 Å². The van der Waals surface area contributed by atoms with Crippen molar-refractivity contribution < 1.29 is 9.53 Å². The van der Waals surface area contributed by atoms with Crippen LogP contribution < -0.4 is 0 Å². The van der Waals surface area contributed by atoms with Crippen LogP contribution in [0.3, 0.4) is 0 Å². The van der Waals surface area contributed by atoms with E-state index in [2.05, 4.69) is 0 Å². The van der Waals surface area contributed by atoms with Gasteiger partial charge in [-0.15, -0.1) is 0 Å². The molecule has 1 heterocycles. The summed E-state index contributed by atoms with van der Waals surface area (Å²) in [5.74, 6) is 0.392. The normalized spacial score (nSPS) is 21.1. The number of hydrogen-bond donors (Lipinski definition) is 0. The Balaban J connectivity index is 2.29. The predicted octanol–water partition coefficient (Wildman–Crippen LogP) is 2.66. The third kappa shape index (κ3) is 1.81. The molecule has 2 rings (SSSR count). The SMILES string of the molecule is O=Cc1ccc(C2CCOC2)c(Cl)c1. The average Bonchev–Trinajstić information content (AvgIpc) is 2.70. The van der Waals surface area contributed by atoms with Crippen molar-refractivity contribution in [2.45, 2.75) is 12.3 Å². The number of carbonyl (C=O) groups excluding carboxylic acids is 1. The Labute approximate surface area is 87.8 Å². The molecular weight excluding hydrogens is 200 g/mol. The highest BCUT2D eigenvalue weighted by Gasteiger charge is 2.19. The smallest absolute Gasteiger partial charge is 0.150 e. The molecule has 0 aromatic heterocycles. The molecule has 1 saturated heterocycles. The van der Waals surface area contributed by atoms with Gasteiger partial charge in [0.25, 0.3) is 0 Å². The molecule has 74 valence electrons. The van der Waals surface area contributed by atoms with E-state index >= 15 is 0 Å². The zero-order valence-corrected chi connectivity index (χ0v) is 8.46. The quantitative estimate of drug-likeness (QED) is 0.702. The number of benzene rings is 1. The van der Waals surface area contributed by atoms with Crippen LogP contribution >= 0.6 is 11.6 Å². The van der Waals surface area contributed by atoms with Crippen LogP contribution in [-0.4, -0.2) is 19.5 Å². The lowest BCUT2D eigenvalue weighted by molar-refractivity contribution is 0.112. The Bertz CT molecular complexity index is 343. The zero-order valence-electron chi connectivity index (χ0n) is 7.70. The molecule has 2 nitrogen and oxygen atoms in total. The maximum atomic E-state index is 10.5. The molecule has 0 spiro atoms. The highest BCUT2D eigenvalue weighted by Crippen LogP contribution is 2.31. The van der Waals surface area contributed by atoms with Gasteiger partial charge < -0.3 is 4.74 Å². The molecule has 0 radical (unpaired) electrons. The minimum Gasteiger partial charge on any atom is -0.381 e. The Morgan fingerprint density at radius 2 is 2.36 bits per heavy atom. The Morgan fingerprint density at radius 3 is 2.93 bits per heavy atom. The van der Waals surface area contributed by atoms with Crippen molar-refractivity contribution in [2.75, 3.05) is 13.2 Å². The van der Waals surface area contributed by atoms with Crippen LogP contribution in [0.2, 0.25) is 5.02 Å². The van der Waals surface area contributed by atoms with Crippen LogP contribution in [0.5, 0.6) is 0 Å². The van der Waals surface area contributed by atoms with Crippen molar-refractivity contribution in [1.29, 1.82) is 0 Å². The van der Waals surface area contributed by atoms with Crippen molar-refractivity contribution in [3.8, 4) is 0 Å². The van der Waals surface area contributed by atoms with Gasteiger partial charge in [-0.2, -0.15) is 0 Å². The van der Waals surface area contributed by atoms with Gasteiger partial charge in [-0.25, -0.2) is 0 Å². The summed E-state index contributed by atoms with van der Waals surface area (Å²) in [4.78, 5) is 10.5. The number of hydrogen-bond acceptors (Lipinski definition) is 2. The molecule has 1 aliphatic heterocycles. The van der Waals surface area contributed by atoms with E-state index in [0.29, 0.717) is 16.5 Å². The Hall–Kier alpha value is -0.860. The lowest BCUT2D eigenvalue weighted by Gasteiger charge is -2.10. The molecule has 0 amide bonds. The predicted molar refractivity (Wildman–Crippen MR) is 55.0 cm³/mol. The average molecular weight is 211 g/mol. The van der Waals surface area contributed by atoms with Crippen LogP contribution in [0.4, 0.5) is 0 Å². The fourth-order valence-corrected chi connectivity index (χ4v) is 2.07. The van der Waals surface area contributed by atoms with Gasteiger partial charge in [0.15, 0.2) is 0 Å². The largest absolute Gasteiger partial charge is 0.381 e. The van der Waals surface area contributed by atoms with E-state index in [9.17, 15) is 4.79 Å².